The molecule has 3 rings (SSSR count). The van der Waals surface area contributed by atoms with E-state index in [4.69, 9.17) is 4.74 Å². The van der Waals surface area contributed by atoms with Crippen LogP contribution in [0.25, 0.3) is 11.0 Å². The molecule has 2 heterocycles. The Labute approximate surface area is 124 Å². The summed E-state index contributed by atoms with van der Waals surface area (Å²) < 4.78 is 7.18. The number of carbonyl (C=O) groups is 1. The van der Waals surface area contributed by atoms with Gasteiger partial charge in [-0.25, -0.2) is 9.78 Å². The maximum Gasteiger partial charge on any atom is 0.339 e. The lowest BCUT2D eigenvalue weighted by atomic mass is 9.90. The molecular weight excluding hydrogens is 266 g/mol. The standard InChI is InChI=1S/C16H21N3O2/c1-11-14-8-13(9-17-15(14)19(2)18-11)16(20)21-10-12-6-4-3-5-7-12/h8-9,12H,3-7,10H2,1-2H3. The predicted octanol–water partition coefficient (Wildman–Crippen LogP) is 3.01. The van der Waals surface area contributed by atoms with Gasteiger partial charge >= 0.3 is 5.97 Å². The Balaban J connectivity index is 1.70. The summed E-state index contributed by atoms with van der Waals surface area (Å²) in [6, 6.07) is 1.83. The van der Waals surface area contributed by atoms with Crippen molar-refractivity contribution < 1.29 is 9.53 Å². The third-order valence-corrected chi connectivity index (χ3v) is 4.27. The molecule has 0 amide bonds. The number of ether oxygens (including phenoxy) is 1. The van der Waals surface area contributed by atoms with E-state index in [9.17, 15) is 4.79 Å². The van der Waals surface area contributed by atoms with Gasteiger partial charge < -0.3 is 4.74 Å². The average Bonchev–Trinajstić information content (AvgIpc) is 2.80. The van der Waals surface area contributed by atoms with E-state index in [0.29, 0.717) is 18.1 Å². The first-order valence-electron chi connectivity index (χ1n) is 7.61. The third-order valence-electron chi connectivity index (χ3n) is 4.27. The summed E-state index contributed by atoms with van der Waals surface area (Å²) in [5, 5.41) is 5.22. The quantitative estimate of drug-likeness (QED) is 0.814. The van der Waals surface area contributed by atoms with Gasteiger partial charge in [-0.05, 0) is 31.7 Å². The second kappa shape index (κ2) is 5.84. The van der Waals surface area contributed by atoms with Gasteiger partial charge in [0.1, 0.15) is 0 Å². The topological polar surface area (TPSA) is 57.0 Å². The Hall–Kier alpha value is -1.91. The summed E-state index contributed by atoms with van der Waals surface area (Å²) in [6.45, 7) is 2.45. The van der Waals surface area contributed by atoms with E-state index in [1.54, 1.807) is 10.9 Å². The smallest absolute Gasteiger partial charge is 0.339 e. The summed E-state index contributed by atoms with van der Waals surface area (Å²) in [7, 11) is 1.85. The van der Waals surface area contributed by atoms with E-state index in [1.807, 2.05) is 20.0 Å². The highest BCUT2D eigenvalue weighted by Crippen LogP contribution is 2.24. The number of hydrogen-bond donors (Lipinski definition) is 0. The fraction of sp³-hybridized carbons (Fsp3) is 0.562. The second-order valence-corrected chi connectivity index (χ2v) is 5.91. The fourth-order valence-corrected chi connectivity index (χ4v) is 3.05. The molecule has 0 N–H and O–H groups in total. The van der Waals surface area contributed by atoms with E-state index >= 15 is 0 Å². The minimum absolute atomic E-state index is 0.279. The van der Waals surface area contributed by atoms with Gasteiger partial charge in [-0.1, -0.05) is 19.3 Å². The summed E-state index contributed by atoms with van der Waals surface area (Å²) in [4.78, 5) is 16.5. The van der Waals surface area contributed by atoms with Crippen molar-refractivity contribution in [3.63, 3.8) is 0 Å². The maximum absolute atomic E-state index is 12.2. The Kier molecular flexibility index (Phi) is 3.90. The molecule has 1 aliphatic rings. The van der Waals surface area contributed by atoms with Crippen LogP contribution in [0.1, 0.15) is 48.2 Å². The highest BCUT2D eigenvalue weighted by molar-refractivity contribution is 5.93. The first kappa shape index (κ1) is 14.0. The molecule has 0 radical (unpaired) electrons. The number of aromatic nitrogens is 3. The van der Waals surface area contributed by atoms with E-state index in [2.05, 4.69) is 10.1 Å². The molecule has 0 unspecified atom stereocenters. The van der Waals surface area contributed by atoms with Gasteiger partial charge in [0.15, 0.2) is 5.65 Å². The van der Waals surface area contributed by atoms with Gasteiger partial charge in [0.25, 0.3) is 0 Å². The molecule has 112 valence electrons. The number of hydrogen-bond acceptors (Lipinski definition) is 4. The van der Waals surface area contributed by atoms with Gasteiger partial charge in [-0.15, -0.1) is 0 Å². The molecule has 0 aromatic carbocycles. The third kappa shape index (κ3) is 2.91. The first-order chi connectivity index (χ1) is 10.1. The van der Waals surface area contributed by atoms with Crippen LogP contribution >= 0.6 is 0 Å². The number of carbonyl (C=O) groups excluding carboxylic acids is 1. The van der Waals surface area contributed by atoms with E-state index < -0.39 is 0 Å². The van der Waals surface area contributed by atoms with Crippen molar-refractivity contribution in [1.29, 1.82) is 0 Å². The van der Waals surface area contributed by atoms with Crippen LogP contribution in [0.5, 0.6) is 0 Å². The monoisotopic (exact) mass is 287 g/mol. The molecule has 2 aromatic rings. The molecule has 0 bridgehead atoms. The van der Waals surface area contributed by atoms with Crippen molar-refractivity contribution in [3.05, 3.63) is 23.5 Å². The Morgan fingerprint density at radius 3 is 2.90 bits per heavy atom. The average molecular weight is 287 g/mol. The molecule has 1 fully saturated rings. The second-order valence-electron chi connectivity index (χ2n) is 5.91. The van der Waals surface area contributed by atoms with E-state index in [0.717, 1.165) is 16.7 Å². The number of pyridine rings is 1. The summed E-state index contributed by atoms with van der Waals surface area (Å²) in [5.74, 6) is 0.248. The molecule has 0 aliphatic heterocycles. The lowest BCUT2D eigenvalue weighted by Gasteiger charge is -2.20. The lowest BCUT2D eigenvalue weighted by molar-refractivity contribution is 0.0410. The van der Waals surface area contributed by atoms with Gasteiger partial charge in [0.2, 0.25) is 0 Å². The molecule has 1 saturated carbocycles. The minimum Gasteiger partial charge on any atom is -0.462 e. The van der Waals surface area contributed by atoms with Gasteiger partial charge in [0, 0.05) is 18.6 Å². The van der Waals surface area contributed by atoms with Crippen LogP contribution in [-0.2, 0) is 11.8 Å². The normalized spacial score (nSPS) is 16.3. The minimum atomic E-state index is -0.279. The molecule has 0 spiro atoms. The zero-order chi connectivity index (χ0) is 14.8. The number of fused-ring (bicyclic) bond motifs is 1. The number of aryl methyl sites for hydroxylation is 2. The lowest BCUT2D eigenvalue weighted by Crippen LogP contribution is -2.17. The SMILES string of the molecule is Cc1nn(C)c2ncc(C(=O)OCC3CCCCC3)cc12. The Bertz CT molecular complexity index is 657. The molecule has 21 heavy (non-hydrogen) atoms. The molecule has 0 atom stereocenters. The van der Waals surface area contributed by atoms with Crippen LogP contribution in [0.4, 0.5) is 0 Å². The van der Waals surface area contributed by atoms with Crippen LogP contribution in [0, 0.1) is 12.8 Å². The molecule has 0 saturated heterocycles. The van der Waals surface area contributed by atoms with Crippen LogP contribution < -0.4 is 0 Å². The van der Waals surface area contributed by atoms with Crippen molar-refractivity contribution in [2.24, 2.45) is 13.0 Å². The van der Waals surface area contributed by atoms with Crippen LogP contribution in [0.2, 0.25) is 0 Å². The van der Waals surface area contributed by atoms with E-state index in [1.165, 1.54) is 32.1 Å². The van der Waals surface area contributed by atoms with Crippen molar-refractivity contribution in [3.8, 4) is 0 Å². The molecule has 5 heteroatoms. The fourth-order valence-electron chi connectivity index (χ4n) is 3.05. The highest BCUT2D eigenvalue weighted by atomic mass is 16.5. The highest BCUT2D eigenvalue weighted by Gasteiger charge is 2.17. The zero-order valence-electron chi connectivity index (χ0n) is 12.6. The van der Waals surface area contributed by atoms with Crippen LogP contribution in [-0.4, -0.2) is 27.3 Å². The van der Waals surface area contributed by atoms with Gasteiger partial charge in [-0.3, -0.25) is 4.68 Å². The van der Waals surface area contributed by atoms with Crippen LogP contribution in [0.3, 0.4) is 0 Å². The zero-order valence-corrected chi connectivity index (χ0v) is 12.6. The van der Waals surface area contributed by atoms with Crippen LogP contribution in [0.15, 0.2) is 12.3 Å². The van der Waals surface area contributed by atoms with Gasteiger partial charge in [0.05, 0.1) is 17.9 Å². The Morgan fingerprint density at radius 2 is 2.14 bits per heavy atom. The Morgan fingerprint density at radius 1 is 1.38 bits per heavy atom. The number of esters is 1. The van der Waals surface area contributed by atoms with E-state index in [-0.39, 0.29) is 5.97 Å². The molecule has 1 aliphatic carbocycles. The summed E-state index contributed by atoms with van der Waals surface area (Å²) in [5.41, 5.74) is 2.17. The predicted molar refractivity (Wildman–Crippen MR) is 80.1 cm³/mol. The van der Waals surface area contributed by atoms with Crippen molar-refractivity contribution >= 4 is 17.0 Å². The molecule has 5 nitrogen and oxygen atoms in total. The van der Waals surface area contributed by atoms with Gasteiger partial charge in [-0.2, -0.15) is 5.10 Å². The van der Waals surface area contributed by atoms with Crippen molar-refractivity contribution in [2.75, 3.05) is 6.61 Å². The summed E-state index contributed by atoms with van der Waals surface area (Å²) in [6.07, 6.45) is 7.74. The van der Waals surface area contributed by atoms with Crippen molar-refractivity contribution in [1.82, 2.24) is 14.8 Å². The number of nitrogens with zero attached hydrogens (tertiary/aromatic N) is 3. The number of rotatable bonds is 3. The molecule has 2 aromatic heterocycles. The largest absolute Gasteiger partial charge is 0.462 e. The first-order valence-corrected chi connectivity index (χ1v) is 7.61. The van der Waals surface area contributed by atoms with Crippen molar-refractivity contribution in [2.45, 2.75) is 39.0 Å². The summed E-state index contributed by atoms with van der Waals surface area (Å²) >= 11 is 0. The maximum atomic E-state index is 12.2. The molecular formula is C16H21N3O2.